The summed E-state index contributed by atoms with van der Waals surface area (Å²) < 4.78 is 16.8. The van der Waals surface area contributed by atoms with Crippen molar-refractivity contribution in [1.29, 1.82) is 0 Å². The molecular weight excluding hydrogens is 422 g/mol. The Morgan fingerprint density at radius 3 is 1.94 bits per heavy atom. The number of hydrogen-bond acceptors (Lipinski definition) is 6. The first-order valence-electron chi connectivity index (χ1n) is 11.4. The number of benzene rings is 1. The van der Waals surface area contributed by atoms with E-state index in [9.17, 15) is 14.4 Å². The number of methoxy groups -OCH3 is 1. The Hall–Kier alpha value is -2.83. The van der Waals surface area contributed by atoms with Gasteiger partial charge in [-0.05, 0) is 72.1 Å². The van der Waals surface area contributed by atoms with Crippen molar-refractivity contribution >= 4 is 17.8 Å². The number of carbonyl (C=O) groups is 3. The van der Waals surface area contributed by atoms with Gasteiger partial charge in [-0.15, -0.1) is 0 Å². The molecule has 1 aliphatic heterocycles. The molecule has 1 amide bonds. The van der Waals surface area contributed by atoms with Crippen LogP contribution in [0.1, 0.15) is 59.9 Å². The van der Waals surface area contributed by atoms with Crippen molar-refractivity contribution in [3.8, 4) is 5.75 Å². The summed E-state index contributed by atoms with van der Waals surface area (Å²) in [5, 5.41) is 0. The number of esters is 2. The number of ether oxygens (including phenoxy) is 3. The molecule has 0 aromatic heterocycles. The number of fused-ring (bicyclic) bond motifs is 1. The molecular formula is C26H35NO6. The molecule has 0 radical (unpaired) electrons. The third-order valence-corrected chi connectivity index (χ3v) is 5.90. The number of carbonyl (C=O) groups excluding carboxylic acids is 3. The number of allylic oxidation sites excluding steroid dienone is 2. The molecule has 1 saturated heterocycles. The summed E-state index contributed by atoms with van der Waals surface area (Å²) in [6.45, 7) is 10.6. The zero-order valence-corrected chi connectivity index (χ0v) is 20.6. The van der Waals surface area contributed by atoms with E-state index in [1.165, 1.54) is 4.90 Å². The second-order valence-corrected chi connectivity index (χ2v) is 10.7. The van der Waals surface area contributed by atoms with Crippen molar-refractivity contribution in [3.05, 3.63) is 42.0 Å². The predicted molar refractivity (Wildman–Crippen MR) is 123 cm³/mol. The van der Waals surface area contributed by atoms with Crippen molar-refractivity contribution in [3.63, 3.8) is 0 Å². The van der Waals surface area contributed by atoms with Crippen molar-refractivity contribution in [2.75, 3.05) is 7.11 Å². The van der Waals surface area contributed by atoms with Crippen LogP contribution in [-0.4, -0.2) is 46.6 Å². The van der Waals surface area contributed by atoms with Crippen molar-refractivity contribution in [2.45, 2.75) is 77.7 Å². The fourth-order valence-corrected chi connectivity index (χ4v) is 4.56. The van der Waals surface area contributed by atoms with Crippen molar-refractivity contribution in [1.82, 2.24) is 4.90 Å². The van der Waals surface area contributed by atoms with Crippen LogP contribution < -0.4 is 4.74 Å². The Balaban J connectivity index is 2.15. The molecule has 7 heteroatoms. The predicted octanol–water partition coefficient (Wildman–Crippen LogP) is 4.04. The second-order valence-electron chi connectivity index (χ2n) is 10.7. The Morgan fingerprint density at radius 1 is 0.939 bits per heavy atom. The van der Waals surface area contributed by atoms with E-state index >= 15 is 0 Å². The van der Waals surface area contributed by atoms with Gasteiger partial charge in [-0.3, -0.25) is 4.79 Å². The van der Waals surface area contributed by atoms with Gasteiger partial charge in [0.2, 0.25) is 11.4 Å². The van der Waals surface area contributed by atoms with Gasteiger partial charge in [-0.1, -0.05) is 24.3 Å². The van der Waals surface area contributed by atoms with E-state index in [1.807, 2.05) is 24.3 Å². The standard InChI is InChI=1S/C26H35NO6/c1-24(2,3)32-22(29)26(23(30)33-25(4,5)6)20-11-9-8-10-19(20)21(28)27(26)16-17-12-14-18(31-7)15-13-17/h8-9,12-15,19-20H,10-11,16H2,1-7H3/t19-,20-/m1/s1. The van der Waals surface area contributed by atoms with Gasteiger partial charge in [-0.25, -0.2) is 9.59 Å². The molecule has 3 rings (SSSR count). The number of rotatable bonds is 5. The maximum absolute atomic E-state index is 13.9. The Labute approximate surface area is 196 Å². The van der Waals surface area contributed by atoms with Crippen LogP contribution in [0, 0.1) is 11.8 Å². The lowest BCUT2D eigenvalue weighted by atomic mass is 9.73. The highest BCUT2D eigenvalue weighted by Gasteiger charge is 2.69. The molecule has 1 fully saturated rings. The third kappa shape index (κ3) is 4.92. The van der Waals surface area contributed by atoms with Crippen LogP contribution >= 0.6 is 0 Å². The van der Waals surface area contributed by atoms with Gasteiger partial charge in [0.1, 0.15) is 17.0 Å². The Kier molecular flexibility index (Phi) is 6.65. The SMILES string of the molecule is COc1ccc(CN2C(=O)[C@@H]3CC=CC[C@H]3C2(C(=O)OC(C)(C)C)C(=O)OC(C)(C)C)cc1. The van der Waals surface area contributed by atoms with Gasteiger partial charge >= 0.3 is 11.9 Å². The zero-order chi connectivity index (χ0) is 24.6. The van der Waals surface area contributed by atoms with Crippen LogP contribution in [0.4, 0.5) is 0 Å². The molecule has 2 aliphatic rings. The molecule has 7 nitrogen and oxygen atoms in total. The van der Waals surface area contributed by atoms with E-state index in [4.69, 9.17) is 14.2 Å². The first-order valence-corrected chi connectivity index (χ1v) is 11.4. The number of hydrogen-bond donors (Lipinski definition) is 0. The summed E-state index contributed by atoms with van der Waals surface area (Å²) in [6, 6.07) is 7.21. The fraction of sp³-hybridized carbons (Fsp3) is 0.577. The quantitative estimate of drug-likeness (QED) is 0.377. The molecule has 0 bridgehead atoms. The summed E-state index contributed by atoms with van der Waals surface area (Å²) in [6.07, 6.45) is 4.74. The molecule has 2 atom stereocenters. The maximum atomic E-state index is 13.9. The van der Waals surface area contributed by atoms with E-state index < -0.39 is 40.5 Å². The van der Waals surface area contributed by atoms with Gasteiger partial charge < -0.3 is 19.1 Å². The van der Waals surface area contributed by atoms with Crippen molar-refractivity contribution < 1.29 is 28.6 Å². The zero-order valence-electron chi connectivity index (χ0n) is 20.6. The highest BCUT2D eigenvalue weighted by molar-refractivity contribution is 6.11. The lowest BCUT2D eigenvalue weighted by Crippen LogP contribution is -2.63. The monoisotopic (exact) mass is 457 g/mol. The molecule has 33 heavy (non-hydrogen) atoms. The van der Waals surface area contributed by atoms with Gasteiger partial charge in [0.15, 0.2) is 0 Å². The first kappa shape index (κ1) is 24.8. The van der Waals surface area contributed by atoms with Crippen LogP contribution in [0.25, 0.3) is 0 Å². The average molecular weight is 458 g/mol. The largest absolute Gasteiger partial charge is 0.497 e. The first-order chi connectivity index (χ1) is 15.3. The number of nitrogens with zero attached hydrogens (tertiary/aromatic N) is 1. The number of likely N-dealkylation sites (tertiary alicyclic amines) is 1. The van der Waals surface area contributed by atoms with E-state index in [2.05, 4.69) is 0 Å². The van der Waals surface area contributed by atoms with Crippen LogP contribution in [-0.2, 0) is 30.4 Å². The summed E-state index contributed by atoms with van der Waals surface area (Å²) in [5.41, 5.74) is -2.78. The Bertz CT molecular complexity index is 907. The molecule has 1 aliphatic carbocycles. The van der Waals surface area contributed by atoms with Crippen LogP contribution in [0.3, 0.4) is 0 Å². The van der Waals surface area contributed by atoms with Crippen LogP contribution in [0.15, 0.2) is 36.4 Å². The minimum Gasteiger partial charge on any atom is -0.497 e. The summed E-state index contributed by atoms with van der Waals surface area (Å²) >= 11 is 0. The van der Waals surface area contributed by atoms with E-state index in [0.717, 1.165) is 5.56 Å². The molecule has 0 unspecified atom stereocenters. The highest BCUT2D eigenvalue weighted by atomic mass is 16.6. The Morgan fingerprint density at radius 2 is 1.45 bits per heavy atom. The topological polar surface area (TPSA) is 82.1 Å². The molecule has 1 aromatic rings. The van der Waals surface area contributed by atoms with Gasteiger partial charge in [0.25, 0.3) is 0 Å². The second kappa shape index (κ2) is 8.84. The normalized spacial score (nSPS) is 22.0. The van der Waals surface area contributed by atoms with Crippen LogP contribution in [0.5, 0.6) is 5.75 Å². The third-order valence-electron chi connectivity index (χ3n) is 5.90. The minimum absolute atomic E-state index is 0.0777. The molecule has 1 heterocycles. The summed E-state index contributed by atoms with van der Waals surface area (Å²) in [5.74, 6) is -2.11. The molecule has 1 aromatic carbocycles. The van der Waals surface area contributed by atoms with E-state index in [-0.39, 0.29) is 12.5 Å². The summed E-state index contributed by atoms with van der Waals surface area (Å²) in [7, 11) is 1.58. The average Bonchev–Trinajstić information content (AvgIpc) is 2.95. The molecule has 0 saturated carbocycles. The fourth-order valence-electron chi connectivity index (χ4n) is 4.56. The molecule has 0 N–H and O–H groups in total. The highest BCUT2D eigenvalue weighted by Crippen LogP contribution is 2.49. The van der Waals surface area contributed by atoms with Crippen molar-refractivity contribution in [2.24, 2.45) is 11.8 Å². The lowest BCUT2D eigenvalue weighted by molar-refractivity contribution is -0.191. The van der Waals surface area contributed by atoms with E-state index in [1.54, 1.807) is 60.8 Å². The van der Waals surface area contributed by atoms with Gasteiger partial charge in [-0.2, -0.15) is 0 Å². The van der Waals surface area contributed by atoms with Gasteiger partial charge in [0, 0.05) is 18.4 Å². The smallest absolute Gasteiger partial charge is 0.344 e. The van der Waals surface area contributed by atoms with Crippen LogP contribution in [0.2, 0.25) is 0 Å². The molecule has 180 valence electrons. The molecule has 0 spiro atoms. The minimum atomic E-state index is -1.87. The van der Waals surface area contributed by atoms with Gasteiger partial charge in [0.05, 0.1) is 7.11 Å². The maximum Gasteiger partial charge on any atom is 0.344 e. The lowest BCUT2D eigenvalue weighted by Gasteiger charge is -2.41. The summed E-state index contributed by atoms with van der Waals surface area (Å²) in [4.78, 5) is 42.8. The van der Waals surface area contributed by atoms with E-state index in [0.29, 0.717) is 18.6 Å². The number of amides is 1.